The van der Waals surface area contributed by atoms with Crippen LogP contribution in [0.25, 0.3) is 0 Å². The second kappa shape index (κ2) is 9.63. The molecule has 0 bridgehead atoms. The Bertz CT molecular complexity index is 1110. The van der Waals surface area contributed by atoms with Crippen LogP contribution < -0.4 is 10.1 Å². The number of halogens is 2. The molecule has 2 N–H and O–H groups in total. The SMILES string of the molecule is Cc1c(Nc2cc(F)c(CCS(C)(=O)=O)cc2F)ncnc1OC1CCN(C(=O)O)CC1. The fourth-order valence-corrected chi connectivity index (χ4v) is 3.89. The molecule has 1 aliphatic heterocycles. The number of anilines is 2. The molecule has 0 spiro atoms. The van der Waals surface area contributed by atoms with Gasteiger partial charge < -0.3 is 20.1 Å². The number of hydrogen-bond acceptors (Lipinski definition) is 7. The van der Waals surface area contributed by atoms with Gasteiger partial charge in [0.1, 0.15) is 39.7 Å². The van der Waals surface area contributed by atoms with Crippen molar-refractivity contribution in [3.63, 3.8) is 0 Å². The molecule has 1 saturated heterocycles. The lowest BCUT2D eigenvalue weighted by atomic mass is 10.1. The van der Waals surface area contributed by atoms with Gasteiger partial charge in [-0.2, -0.15) is 0 Å². The van der Waals surface area contributed by atoms with Crippen molar-refractivity contribution in [1.29, 1.82) is 0 Å². The molecular formula is C20H24F2N4O5S. The van der Waals surface area contributed by atoms with Gasteiger partial charge in [0.05, 0.1) is 17.0 Å². The number of piperidine rings is 1. The first-order chi connectivity index (χ1) is 15.0. The Morgan fingerprint density at radius 1 is 1.25 bits per heavy atom. The maximum Gasteiger partial charge on any atom is 0.407 e. The van der Waals surface area contributed by atoms with Crippen molar-refractivity contribution in [2.24, 2.45) is 0 Å². The summed E-state index contributed by atoms with van der Waals surface area (Å²) in [5.74, 6) is -1.28. The molecule has 32 heavy (non-hydrogen) atoms. The predicted octanol–water partition coefficient (Wildman–Crippen LogP) is 2.92. The molecule has 0 saturated carbocycles. The van der Waals surface area contributed by atoms with E-state index >= 15 is 0 Å². The van der Waals surface area contributed by atoms with E-state index in [2.05, 4.69) is 15.3 Å². The average molecular weight is 470 g/mol. The summed E-state index contributed by atoms with van der Waals surface area (Å²) in [7, 11) is -3.31. The van der Waals surface area contributed by atoms with E-state index in [1.165, 1.54) is 11.2 Å². The first kappa shape index (κ1) is 23.6. The molecule has 174 valence electrons. The van der Waals surface area contributed by atoms with Gasteiger partial charge in [0.15, 0.2) is 0 Å². The summed E-state index contributed by atoms with van der Waals surface area (Å²) in [6.45, 7) is 2.37. The minimum absolute atomic E-state index is 0.0328. The van der Waals surface area contributed by atoms with Gasteiger partial charge in [-0.1, -0.05) is 0 Å². The Hall–Kier alpha value is -3.02. The van der Waals surface area contributed by atoms with E-state index in [4.69, 9.17) is 9.84 Å². The topological polar surface area (TPSA) is 122 Å². The Labute approximate surface area is 184 Å². The van der Waals surface area contributed by atoms with Crippen molar-refractivity contribution < 1.29 is 31.8 Å². The van der Waals surface area contributed by atoms with Gasteiger partial charge in [-0.25, -0.2) is 32.0 Å². The van der Waals surface area contributed by atoms with Crippen LogP contribution in [0.2, 0.25) is 0 Å². The molecule has 0 radical (unpaired) electrons. The molecule has 0 aliphatic carbocycles. The van der Waals surface area contributed by atoms with Crippen LogP contribution in [0.4, 0.5) is 25.1 Å². The van der Waals surface area contributed by atoms with Crippen LogP contribution in [0.3, 0.4) is 0 Å². The largest absolute Gasteiger partial charge is 0.474 e. The number of nitrogens with zero attached hydrogens (tertiary/aromatic N) is 3. The van der Waals surface area contributed by atoms with E-state index < -0.39 is 27.6 Å². The van der Waals surface area contributed by atoms with Crippen molar-refractivity contribution in [2.75, 3.05) is 30.4 Å². The molecule has 3 rings (SSSR count). The highest BCUT2D eigenvalue weighted by atomic mass is 32.2. The lowest BCUT2D eigenvalue weighted by molar-refractivity contribution is 0.0866. The molecule has 0 unspecified atom stereocenters. The Kier molecular flexibility index (Phi) is 7.12. The lowest BCUT2D eigenvalue weighted by Crippen LogP contribution is -2.41. The van der Waals surface area contributed by atoms with E-state index in [0.717, 1.165) is 18.4 Å². The van der Waals surface area contributed by atoms with Gasteiger partial charge in [-0.05, 0) is 25.0 Å². The quantitative estimate of drug-likeness (QED) is 0.634. The molecule has 1 aliphatic rings. The number of rotatable bonds is 7. The number of carbonyl (C=O) groups is 1. The highest BCUT2D eigenvalue weighted by molar-refractivity contribution is 7.90. The van der Waals surface area contributed by atoms with Crippen LogP contribution in [0, 0.1) is 18.6 Å². The number of sulfone groups is 1. The van der Waals surface area contributed by atoms with E-state index in [1.807, 2.05) is 0 Å². The first-order valence-corrected chi connectivity index (χ1v) is 12.0. The molecule has 1 aromatic carbocycles. The maximum atomic E-state index is 14.5. The summed E-state index contributed by atoms with van der Waals surface area (Å²) in [6, 6.07) is 1.92. The van der Waals surface area contributed by atoms with Crippen LogP contribution in [0.5, 0.6) is 5.88 Å². The van der Waals surface area contributed by atoms with Crippen LogP contribution in [-0.4, -0.2) is 65.7 Å². The molecule has 2 heterocycles. The van der Waals surface area contributed by atoms with Crippen LogP contribution in [-0.2, 0) is 16.3 Å². The third-order valence-corrected chi connectivity index (χ3v) is 6.11. The zero-order chi connectivity index (χ0) is 23.5. The minimum atomic E-state index is -3.31. The van der Waals surface area contributed by atoms with Crippen LogP contribution in [0.15, 0.2) is 18.5 Å². The summed E-state index contributed by atoms with van der Waals surface area (Å²) in [6.07, 6.45) is 1.95. The number of likely N-dealkylation sites (tertiary alicyclic amines) is 1. The molecule has 0 atom stereocenters. The highest BCUT2D eigenvalue weighted by Crippen LogP contribution is 2.28. The van der Waals surface area contributed by atoms with Gasteiger partial charge in [0.2, 0.25) is 5.88 Å². The summed E-state index contributed by atoms with van der Waals surface area (Å²) in [5, 5.41) is 11.8. The zero-order valence-electron chi connectivity index (χ0n) is 17.6. The first-order valence-electron chi connectivity index (χ1n) is 9.92. The third-order valence-electron chi connectivity index (χ3n) is 5.16. The Balaban J connectivity index is 1.72. The number of benzene rings is 1. The zero-order valence-corrected chi connectivity index (χ0v) is 18.5. The second-order valence-electron chi connectivity index (χ2n) is 7.67. The summed E-state index contributed by atoms with van der Waals surface area (Å²) < 4.78 is 57.4. The molecular weight excluding hydrogens is 446 g/mol. The van der Waals surface area contributed by atoms with Crippen molar-refractivity contribution in [1.82, 2.24) is 14.9 Å². The van der Waals surface area contributed by atoms with Gasteiger partial charge in [-0.3, -0.25) is 0 Å². The van der Waals surface area contributed by atoms with E-state index in [9.17, 15) is 22.0 Å². The number of carboxylic acid groups (broad SMARTS) is 1. The van der Waals surface area contributed by atoms with E-state index in [-0.39, 0.29) is 41.2 Å². The van der Waals surface area contributed by atoms with Gasteiger partial charge in [0, 0.05) is 38.3 Å². The van der Waals surface area contributed by atoms with Gasteiger partial charge in [0.25, 0.3) is 0 Å². The average Bonchev–Trinajstić information content (AvgIpc) is 2.72. The number of aromatic nitrogens is 2. The van der Waals surface area contributed by atoms with E-state index in [1.54, 1.807) is 6.92 Å². The lowest BCUT2D eigenvalue weighted by Gasteiger charge is -2.30. The monoisotopic (exact) mass is 470 g/mol. The van der Waals surface area contributed by atoms with Gasteiger partial charge in [-0.15, -0.1) is 0 Å². The fourth-order valence-electron chi connectivity index (χ4n) is 3.30. The second-order valence-corrected chi connectivity index (χ2v) is 9.93. The molecule has 12 heteroatoms. The maximum absolute atomic E-state index is 14.5. The highest BCUT2D eigenvalue weighted by Gasteiger charge is 2.25. The van der Waals surface area contributed by atoms with Gasteiger partial charge >= 0.3 is 6.09 Å². The van der Waals surface area contributed by atoms with Crippen LogP contribution >= 0.6 is 0 Å². The number of ether oxygens (including phenoxy) is 1. The van der Waals surface area contributed by atoms with E-state index in [0.29, 0.717) is 31.5 Å². The third kappa shape index (κ3) is 6.02. The summed E-state index contributed by atoms with van der Waals surface area (Å²) >= 11 is 0. The molecule has 1 fully saturated rings. The van der Waals surface area contributed by atoms with Crippen LogP contribution in [0.1, 0.15) is 24.0 Å². The predicted molar refractivity (Wildman–Crippen MR) is 113 cm³/mol. The normalized spacial score (nSPS) is 14.9. The Morgan fingerprint density at radius 2 is 1.94 bits per heavy atom. The number of amides is 1. The van der Waals surface area contributed by atoms with Crippen molar-refractivity contribution in [3.8, 4) is 5.88 Å². The summed E-state index contributed by atoms with van der Waals surface area (Å²) in [4.78, 5) is 20.5. The molecule has 1 aromatic heterocycles. The van der Waals surface area contributed by atoms with Crippen molar-refractivity contribution >= 4 is 27.4 Å². The molecule has 1 amide bonds. The number of nitrogens with one attached hydrogen (secondary N) is 1. The Morgan fingerprint density at radius 3 is 2.56 bits per heavy atom. The summed E-state index contributed by atoms with van der Waals surface area (Å²) in [5.41, 5.74) is 0.289. The van der Waals surface area contributed by atoms with Crippen molar-refractivity contribution in [3.05, 3.63) is 41.2 Å². The molecule has 2 aromatic rings. The fraction of sp³-hybridized carbons (Fsp3) is 0.450. The standard InChI is InChI=1S/C20H24F2N4O5S/c1-12-18(23-11-24-19(12)31-14-3-6-26(7-4-14)20(27)28)25-17-10-15(21)13(9-16(17)22)5-8-32(2,29)30/h9-11,14H,3-8H2,1-2H3,(H,27,28)(H,23,24,25). The van der Waals surface area contributed by atoms with Crippen molar-refractivity contribution in [2.45, 2.75) is 32.3 Å². The minimum Gasteiger partial charge on any atom is -0.474 e. The molecule has 9 nitrogen and oxygen atoms in total. The number of aryl methyl sites for hydroxylation is 1. The smallest absolute Gasteiger partial charge is 0.407 e. The number of hydrogen-bond donors (Lipinski definition) is 2.